The number of nitrogens with zero attached hydrogens (tertiary/aromatic N) is 1. The van der Waals surface area contributed by atoms with Crippen LogP contribution in [0.2, 0.25) is 0 Å². The predicted molar refractivity (Wildman–Crippen MR) is 80.2 cm³/mol. The number of furan rings is 1. The van der Waals surface area contributed by atoms with E-state index in [9.17, 15) is 18.0 Å². The van der Waals surface area contributed by atoms with Crippen molar-refractivity contribution in [2.24, 2.45) is 0 Å². The topological polar surface area (TPSA) is 147 Å². The molecular formula is C14H12N2O7S. The van der Waals surface area contributed by atoms with Crippen molar-refractivity contribution in [2.45, 2.75) is 11.8 Å². The summed E-state index contributed by atoms with van der Waals surface area (Å²) in [5.74, 6) is -1.77. The zero-order valence-electron chi connectivity index (χ0n) is 12.4. The quantitative estimate of drug-likeness (QED) is 0.699. The molecule has 0 fully saturated rings. The molecule has 24 heavy (non-hydrogen) atoms. The third kappa shape index (κ3) is 3.53. The lowest BCUT2D eigenvalue weighted by Gasteiger charge is -2.08. The first-order valence-corrected chi connectivity index (χ1v) is 8.03. The average Bonchev–Trinajstić information content (AvgIpc) is 2.96. The van der Waals surface area contributed by atoms with Gasteiger partial charge in [-0.15, -0.1) is 0 Å². The summed E-state index contributed by atoms with van der Waals surface area (Å²) in [6, 6.07) is 5.44. The molecule has 0 aliphatic heterocycles. The van der Waals surface area contributed by atoms with Gasteiger partial charge in [0.25, 0.3) is 0 Å². The van der Waals surface area contributed by atoms with Crippen molar-refractivity contribution in [1.82, 2.24) is 4.72 Å². The van der Waals surface area contributed by atoms with Crippen LogP contribution in [0.4, 0.5) is 0 Å². The Kier molecular flexibility index (Phi) is 4.87. The summed E-state index contributed by atoms with van der Waals surface area (Å²) in [6.07, 6.45) is 0. The number of rotatable bonds is 7. The zero-order valence-corrected chi connectivity index (χ0v) is 13.2. The number of sulfonamides is 1. The molecule has 1 aromatic carbocycles. The van der Waals surface area contributed by atoms with Gasteiger partial charge < -0.3 is 14.3 Å². The number of carbonyl (C=O) groups excluding carboxylic acids is 1. The molecule has 2 rings (SSSR count). The minimum Gasteiger partial charge on any atom is -0.480 e. The van der Waals surface area contributed by atoms with Gasteiger partial charge in [-0.3, -0.25) is 9.59 Å². The van der Waals surface area contributed by atoms with Gasteiger partial charge >= 0.3 is 5.97 Å². The van der Waals surface area contributed by atoms with Crippen molar-refractivity contribution >= 4 is 32.7 Å². The number of benzene rings is 1. The van der Waals surface area contributed by atoms with Gasteiger partial charge in [0.1, 0.15) is 12.6 Å². The van der Waals surface area contributed by atoms with Crippen molar-refractivity contribution < 1.29 is 32.3 Å². The maximum Gasteiger partial charge on any atom is 0.318 e. The van der Waals surface area contributed by atoms with Gasteiger partial charge in [0.15, 0.2) is 29.5 Å². The molecule has 0 saturated carbocycles. The molecule has 2 N–H and O–H groups in total. The van der Waals surface area contributed by atoms with Gasteiger partial charge in [0, 0.05) is 12.3 Å². The van der Waals surface area contributed by atoms with Crippen molar-refractivity contribution in [2.75, 3.05) is 13.2 Å². The Morgan fingerprint density at radius 2 is 2.12 bits per heavy atom. The zero-order chi connectivity index (χ0) is 17.9. The minimum absolute atomic E-state index is 0.0198. The highest BCUT2D eigenvalue weighted by Crippen LogP contribution is 2.34. The largest absolute Gasteiger partial charge is 0.480 e. The van der Waals surface area contributed by atoms with E-state index < -0.39 is 28.3 Å². The minimum atomic E-state index is -4.15. The second-order valence-corrected chi connectivity index (χ2v) is 6.37. The SMILES string of the molecule is CC(=O)c1cc2c(S(=O)(=O)NCC(=O)O)ccc(OCC#N)c2o1. The van der Waals surface area contributed by atoms with Crippen LogP contribution in [0.1, 0.15) is 17.5 Å². The van der Waals surface area contributed by atoms with E-state index >= 15 is 0 Å². The molecule has 10 heteroatoms. The highest BCUT2D eigenvalue weighted by molar-refractivity contribution is 7.89. The summed E-state index contributed by atoms with van der Waals surface area (Å²) in [5.41, 5.74) is -0.0198. The van der Waals surface area contributed by atoms with E-state index in [0.29, 0.717) is 0 Å². The fourth-order valence-corrected chi connectivity index (χ4v) is 3.10. The number of fused-ring (bicyclic) bond motifs is 1. The Hall–Kier alpha value is -2.90. The second kappa shape index (κ2) is 6.69. The summed E-state index contributed by atoms with van der Waals surface area (Å²) in [6.45, 7) is 0.146. The van der Waals surface area contributed by atoms with Crippen LogP contribution in [-0.4, -0.2) is 38.4 Å². The lowest BCUT2D eigenvalue weighted by molar-refractivity contribution is -0.135. The maximum absolute atomic E-state index is 12.3. The van der Waals surface area contributed by atoms with Gasteiger partial charge in [-0.1, -0.05) is 0 Å². The number of Topliss-reactive ketones (excluding diaryl/α,β-unsaturated/α-hetero) is 1. The van der Waals surface area contributed by atoms with Crippen LogP contribution in [0.3, 0.4) is 0 Å². The summed E-state index contributed by atoms with van der Waals surface area (Å²) < 4.78 is 36.9. The van der Waals surface area contributed by atoms with E-state index in [1.54, 1.807) is 6.07 Å². The van der Waals surface area contributed by atoms with Crippen LogP contribution in [-0.2, 0) is 14.8 Å². The summed E-state index contributed by atoms with van der Waals surface area (Å²) in [4.78, 5) is 21.8. The van der Waals surface area contributed by atoms with Crippen LogP contribution >= 0.6 is 0 Å². The number of ether oxygens (including phenoxy) is 1. The molecule has 2 aromatic rings. The molecule has 0 bridgehead atoms. The molecule has 1 aromatic heterocycles. The molecule has 0 saturated heterocycles. The number of carboxylic acids is 1. The lowest BCUT2D eigenvalue weighted by Crippen LogP contribution is -2.29. The van der Waals surface area contributed by atoms with Crippen molar-refractivity contribution in [3.8, 4) is 11.8 Å². The molecule has 0 aliphatic rings. The van der Waals surface area contributed by atoms with E-state index in [-0.39, 0.29) is 34.0 Å². The summed E-state index contributed by atoms with van der Waals surface area (Å²) in [7, 11) is -4.15. The third-order valence-corrected chi connectivity index (χ3v) is 4.41. The van der Waals surface area contributed by atoms with Crippen molar-refractivity contribution in [1.29, 1.82) is 5.26 Å². The molecule has 0 radical (unpaired) electrons. The molecule has 0 atom stereocenters. The standard InChI is InChI=1S/C14H12N2O7S/c1-8(17)11-6-9-12(24(20,21)16-7-13(18)19)3-2-10(14(9)23-11)22-5-4-15/h2-3,6,16H,5,7H2,1H3,(H,18,19). The highest BCUT2D eigenvalue weighted by atomic mass is 32.2. The Morgan fingerprint density at radius 1 is 1.42 bits per heavy atom. The highest BCUT2D eigenvalue weighted by Gasteiger charge is 2.23. The fraction of sp³-hybridized carbons (Fsp3) is 0.214. The number of ketones is 1. The van der Waals surface area contributed by atoms with Gasteiger partial charge in [-0.2, -0.15) is 9.98 Å². The Morgan fingerprint density at radius 3 is 2.71 bits per heavy atom. The Labute approximate surface area is 136 Å². The van der Waals surface area contributed by atoms with E-state index in [1.807, 2.05) is 4.72 Å². The molecule has 1 heterocycles. The van der Waals surface area contributed by atoms with Crippen molar-refractivity contribution in [3.05, 3.63) is 24.0 Å². The number of carboxylic acid groups (broad SMARTS) is 1. The first kappa shape index (κ1) is 17.5. The first-order chi connectivity index (χ1) is 11.3. The lowest BCUT2D eigenvalue weighted by atomic mass is 10.2. The molecule has 126 valence electrons. The van der Waals surface area contributed by atoms with Gasteiger partial charge in [0.2, 0.25) is 10.0 Å². The summed E-state index contributed by atoms with van der Waals surface area (Å²) in [5, 5.41) is 17.2. The Bertz CT molecular complexity index is 953. The van der Waals surface area contributed by atoms with Crippen LogP contribution in [0, 0.1) is 11.3 Å². The number of nitrogens with one attached hydrogen (secondary N) is 1. The normalized spacial score (nSPS) is 11.2. The molecule has 0 unspecified atom stereocenters. The number of hydrogen-bond acceptors (Lipinski definition) is 7. The van der Waals surface area contributed by atoms with E-state index in [2.05, 4.69) is 0 Å². The third-order valence-electron chi connectivity index (χ3n) is 2.95. The van der Waals surface area contributed by atoms with E-state index in [0.717, 1.165) is 0 Å². The predicted octanol–water partition coefficient (Wildman–Crippen LogP) is 0.901. The molecule has 0 aliphatic carbocycles. The van der Waals surface area contributed by atoms with Crippen LogP contribution in [0.25, 0.3) is 11.0 Å². The monoisotopic (exact) mass is 352 g/mol. The van der Waals surface area contributed by atoms with E-state index in [4.69, 9.17) is 19.5 Å². The fourth-order valence-electron chi connectivity index (χ4n) is 1.94. The van der Waals surface area contributed by atoms with Crippen LogP contribution in [0.5, 0.6) is 5.75 Å². The smallest absolute Gasteiger partial charge is 0.318 e. The van der Waals surface area contributed by atoms with E-state index in [1.165, 1.54) is 25.1 Å². The second-order valence-electron chi connectivity index (χ2n) is 4.64. The van der Waals surface area contributed by atoms with Crippen molar-refractivity contribution in [3.63, 3.8) is 0 Å². The average molecular weight is 352 g/mol. The number of nitriles is 1. The van der Waals surface area contributed by atoms with Crippen LogP contribution < -0.4 is 9.46 Å². The molecular weight excluding hydrogens is 340 g/mol. The number of carbonyl (C=O) groups is 2. The number of aliphatic carboxylic acids is 1. The molecule has 0 spiro atoms. The van der Waals surface area contributed by atoms with Gasteiger partial charge in [-0.25, -0.2) is 8.42 Å². The molecule has 0 amide bonds. The van der Waals surface area contributed by atoms with Crippen LogP contribution in [0.15, 0.2) is 27.5 Å². The summed E-state index contributed by atoms with van der Waals surface area (Å²) >= 11 is 0. The van der Waals surface area contributed by atoms with Gasteiger partial charge in [0.05, 0.1) is 4.90 Å². The Balaban J connectivity index is 2.61. The number of hydrogen-bond donors (Lipinski definition) is 2. The van der Waals surface area contributed by atoms with Gasteiger partial charge in [-0.05, 0) is 18.2 Å². The molecule has 9 nitrogen and oxygen atoms in total. The first-order valence-electron chi connectivity index (χ1n) is 6.55. The maximum atomic E-state index is 12.3.